The number of benzene rings is 1. The van der Waals surface area contributed by atoms with Gasteiger partial charge in [-0.25, -0.2) is 9.59 Å². The van der Waals surface area contributed by atoms with Gasteiger partial charge in [-0.2, -0.15) is 0 Å². The molecule has 0 radical (unpaired) electrons. The molecule has 5 nitrogen and oxygen atoms in total. The maximum absolute atomic E-state index is 13.0. The highest BCUT2D eigenvalue weighted by Crippen LogP contribution is 2.46. The highest BCUT2D eigenvalue weighted by atomic mass is 16.6. The molecule has 1 aromatic rings. The van der Waals surface area contributed by atoms with Gasteiger partial charge in [-0.1, -0.05) is 26.8 Å². The van der Waals surface area contributed by atoms with Gasteiger partial charge in [0, 0.05) is 18.0 Å². The van der Waals surface area contributed by atoms with Crippen LogP contribution in [0.5, 0.6) is 0 Å². The van der Waals surface area contributed by atoms with Crippen LogP contribution in [-0.4, -0.2) is 36.2 Å². The highest BCUT2D eigenvalue weighted by molar-refractivity contribution is 5.89. The Labute approximate surface area is 169 Å². The smallest absolute Gasteiger partial charge is 0.410 e. The number of ether oxygens (including phenoxy) is 2. The molecule has 0 aliphatic heterocycles. The molecule has 0 saturated heterocycles. The van der Waals surface area contributed by atoms with Crippen LogP contribution in [0.1, 0.15) is 82.5 Å². The lowest BCUT2D eigenvalue weighted by molar-refractivity contribution is -0.0163. The fourth-order valence-corrected chi connectivity index (χ4v) is 4.24. The van der Waals surface area contributed by atoms with E-state index in [1.54, 1.807) is 11.0 Å². The second-order valence-electron chi connectivity index (χ2n) is 9.32. The summed E-state index contributed by atoms with van der Waals surface area (Å²) in [5, 5.41) is 0. The number of methoxy groups -OCH3 is 1. The Morgan fingerprint density at radius 3 is 2.21 bits per heavy atom. The van der Waals surface area contributed by atoms with Gasteiger partial charge >= 0.3 is 12.1 Å². The van der Waals surface area contributed by atoms with Gasteiger partial charge in [0.1, 0.15) is 6.10 Å². The van der Waals surface area contributed by atoms with Gasteiger partial charge < -0.3 is 14.4 Å². The van der Waals surface area contributed by atoms with E-state index in [0.717, 1.165) is 24.0 Å². The Morgan fingerprint density at radius 1 is 1.11 bits per heavy atom. The predicted molar refractivity (Wildman–Crippen MR) is 110 cm³/mol. The first-order valence-corrected chi connectivity index (χ1v) is 10.2. The molecule has 0 N–H and O–H groups in total. The minimum absolute atomic E-state index is 0.00977. The number of amides is 1. The van der Waals surface area contributed by atoms with Gasteiger partial charge in [-0.3, -0.25) is 0 Å². The summed E-state index contributed by atoms with van der Waals surface area (Å²) in [6.45, 7) is 14.6. The second kappa shape index (κ2) is 8.54. The zero-order valence-electron chi connectivity index (χ0n) is 18.5. The molecule has 0 aromatic heterocycles. The maximum Gasteiger partial charge on any atom is 0.410 e. The van der Waals surface area contributed by atoms with E-state index in [4.69, 9.17) is 9.47 Å². The summed E-state index contributed by atoms with van der Waals surface area (Å²) in [6, 6.07) is 5.69. The van der Waals surface area contributed by atoms with Crippen molar-refractivity contribution in [2.45, 2.75) is 79.5 Å². The van der Waals surface area contributed by atoms with Gasteiger partial charge in [-0.15, -0.1) is 0 Å². The number of rotatable bonds is 4. The van der Waals surface area contributed by atoms with E-state index in [-0.39, 0.29) is 41.6 Å². The standard InChI is InChI=1S/C23H35NO4/c1-14(2)24(15(3)4)22(26)28-20-18-11-9-17(21(25)27-8)13-16(18)10-12-19(20)23(5,6)7/h9,11,13-15,19-20H,10,12H2,1-8H3/t19-,20+/m1/s1. The highest BCUT2D eigenvalue weighted by Gasteiger charge is 2.40. The van der Waals surface area contributed by atoms with Crippen molar-refractivity contribution in [2.24, 2.45) is 11.3 Å². The van der Waals surface area contributed by atoms with Crippen molar-refractivity contribution in [3.8, 4) is 0 Å². The van der Waals surface area contributed by atoms with E-state index < -0.39 is 0 Å². The van der Waals surface area contributed by atoms with Crippen LogP contribution >= 0.6 is 0 Å². The minimum Gasteiger partial charge on any atom is -0.465 e. The van der Waals surface area contributed by atoms with Crippen molar-refractivity contribution >= 4 is 12.1 Å². The first-order valence-electron chi connectivity index (χ1n) is 10.2. The maximum atomic E-state index is 13.0. The Morgan fingerprint density at radius 2 is 1.71 bits per heavy atom. The van der Waals surface area contributed by atoms with Crippen molar-refractivity contribution in [1.29, 1.82) is 0 Å². The Hall–Kier alpha value is -2.04. The van der Waals surface area contributed by atoms with Gasteiger partial charge in [0.25, 0.3) is 0 Å². The Bertz CT molecular complexity index is 710. The van der Waals surface area contributed by atoms with Crippen LogP contribution in [0.4, 0.5) is 4.79 Å². The van der Waals surface area contributed by atoms with E-state index in [1.807, 2.05) is 39.8 Å². The van der Waals surface area contributed by atoms with Crippen LogP contribution in [0.2, 0.25) is 0 Å². The van der Waals surface area contributed by atoms with Crippen molar-refractivity contribution in [1.82, 2.24) is 4.90 Å². The number of carbonyl (C=O) groups excluding carboxylic acids is 2. The molecular weight excluding hydrogens is 354 g/mol. The molecule has 1 aliphatic rings. The van der Waals surface area contributed by atoms with Crippen molar-refractivity contribution in [2.75, 3.05) is 7.11 Å². The summed E-state index contributed by atoms with van der Waals surface area (Å²) in [5.41, 5.74) is 2.58. The lowest BCUT2D eigenvalue weighted by atomic mass is 9.68. The second-order valence-corrected chi connectivity index (χ2v) is 9.32. The van der Waals surface area contributed by atoms with Crippen LogP contribution in [0.25, 0.3) is 0 Å². The average Bonchev–Trinajstić information content (AvgIpc) is 2.58. The van der Waals surface area contributed by atoms with Crippen molar-refractivity contribution in [3.05, 3.63) is 34.9 Å². The number of carbonyl (C=O) groups is 2. The number of hydrogen-bond acceptors (Lipinski definition) is 4. The summed E-state index contributed by atoms with van der Waals surface area (Å²) in [5.74, 6) is -0.144. The summed E-state index contributed by atoms with van der Waals surface area (Å²) >= 11 is 0. The number of nitrogens with zero attached hydrogens (tertiary/aromatic N) is 1. The minimum atomic E-state index is -0.347. The summed E-state index contributed by atoms with van der Waals surface area (Å²) < 4.78 is 11.0. The van der Waals surface area contributed by atoms with E-state index in [2.05, 4.69) is 20.8 Å². The van der Waals surface area contributed by atoms with Crippen molar-refractivity contribution in [3.63, 3.8) is 0 Å². The quantitative estimate of drug-likeness (QED) is 0.649. The third-order valence-corrected chi connectivity index (χ3v) is 5.62. The molecule has 2 rings (SSSR count). The molecule has 0 unspecified atom stereocenters. The van der Waals surface area contributed by atoms with Gasteiger partial charge in [0.2, 0.25) is 0 Å². The molecule has 0 heterocycles. The van der Waals surface area contributed by atoms with E-state index in [0.29, 0.717) is 5.56 Å². The first kappa shape index (κ1) is 22.3. The lowest BCUT2D eigenvalue weighted by Crippen LogP contribution is -2.44. The van der Waals surface area contributed by atoms with Gasteiger partial charge in [-0.05, 0) is 69.2 Å². The zero-order chi connectivity index (χ0) is 21.2. The lowest BCUT2D eigenvalue weighted by Gasteiger charge is -2.42. The summed E-state index contributed by atoms with van der Waals surface area (Å²) in [6.07, 6.45) is 1.15. The monoisotopic (exact) mass is 389 g/mol. The van der Waals surface area contributed by atoms with Gasteiger partial charge in [0.15, 0.2) is 0 Å². The molecule has 0 saturated carbocycles. The molecule has 1 aromatic carbocycles. The normalized spacial score (nSPS) is 19.4. The SMILES string of the molecule is COC(=O)c1ccc2c(c1)CC[C@@H](C(C)(C)C)[C@H]2OC(=O)N(C(C)C)C(C)C. The largest absolute Gasteiger partial charge is 0.465 e. The number of hydrogen-bond donors (Lipinski definition) is 0. The number of aryl methyl sites for hydroxylation is 1. The molecule has 1 aliphatic carbocycles. The third kappa shape index (κ3) is 4.68. The van der Waals surface area contributed by atoms with Crippen molar-refractivity contribution < 1.29 is 19.1 Å². The summed E-state index contributed by atoms with van der Waals surface area (Å²) in [4.78, 5) is 26.7. The first-order chi connectivity index (χ1) is 13.0. The van der Waals surface area contributed by atoms with Crippen LogP contribution in [0.15, 0.2) is 18.2 Å². The van der Waals surface area contributed by atoms with E-state index in [9.17, 15) is 9.59 Å². The van der Waals surface area contributed by atoms with E-state index >= 15 is 0 Å². The molecular formula is C23H35NO4. The Balaban J connectivity index is 2.42. The van der Waals surface area contributed by atoms with Crippen LogP contribution in [0, 0.1) is 11.3 Å². The molecule has 156 valence electrons. The van der Waals surface area contributed by atoms with Gasteiger partial charge in [0.05, 0.1) is 12.7 Å². The Kier molecular flexibility index (Phi) is 6.79. The third-order valence-electron chi connectivity index (χ3n) is 5.62. The molecule has 1 amide bonds. The fourth-order valence-electron chi connectivity index (χ4n) is 4.24. The molecule has 5 heteroatoms. The predicted octanol–water partition coefficient (Wildman–Crippen LogP) is 5.38. The number of fused-ring (bicyclic) bond motifs is 1. The molecule has 0 fully saturated rings. The topological polar surface area (TPSA) is 55.8 Å². The zero-order valence-corrected chi connectivity index (χ0v) is 18.5. The van der Waals surface area contributed by atoms with Crippen LogP contribution in [0.3, 0.4) is 0 Å². The molecule has 2 atom stereocenters. The van der Waals surface area contributed by atoms with Crippen LogP contribution in [-0.2, 0) is 15.9 Å². The average molecular weight is 390 g/mol. The molecule has 0 bridgehead atoms. The molecule has 0 spiro atoms. The van der Waals surface area contributed by atoms with Crippen LogP contribution < -0.4 is 0 Å². The fraction of sp³-hybridized carbons (Fsp3) is 0.652. The van der Waals surface area contributed by atoms with E-state index in [1.165, 1.54) is 7.11 Å². The number of esters is 1. The molecule has 28 heavy (non-hydrogen) atoms. The summed E-state index contributed by atoms with van der Waals surface area (Å²) in [7, 11) is 1.38.